The molecule has 1 rings (SSSR count). The first-order valence-electron chi connectivity index (χ1n) is 4.85. The quantitative estimate of drug-likeness (QED) is 0.828. The molecule has 1 aromatic carbocycles. The Morgan fingerprint density at radius 3 is 2.38 bits per heavy atom. The normalized spacial score (nSPS) is 10.6. The molecular weight excluding hydrogens is 200 g/mol. The SMILES string of the molecule is CCC(C#N)Nc1ccc(C#N)c(C#N)c1. The fourth-order valence-corrected chi connectivity index (χ4v) is 1.25. The third-order valence-corrected chi connectivity index (χ3v) is 2.17. The van der Waals surface area contributed by atoms with Crippen LogP contribution in [0.25, 0.3) is 0 Å². The molecule has 0 heterocycles. The van der Waals surface area contributed by atoms with Crippen LogP contribution < -0.4 is 5.32 Å². The van der Waals surface area contributed by atoms with E-state index in [-0.39, 0.29) is 6.04 Å². The van der Waals surface area contributed by atoms with E-state index in [4.69, 9.17) is 15.8 Å². The molecule has 0 spiro atoms. The van der Waals surface area contributed by atoms with Gasteiger partial charge in [-0.3, -0.25) is 0 Å². The Morgan fingerprint density at radius 1 is 1.19 bits per heavy atom. The van der Waals surface area contributed by atoms with Crippen LogP contribution in [0.15, 0.2) is 18.2 Å². The lowest BCUT2D eigenvalue weighted by Gasteiger charge is -2.10. The summed E-state index contributed by atoms with van der Waals surface area (Å²) in [4.78, 5) is 0. The second-order valence-corrected chi connectivity index (χ2v) is 3.22. The third kappa shape index (κ3) is 2.50. The lowest BCUT2D eigenvalue weighted by molar-refractivity contribution is 0.845. The van der Waals surface area contributed by atoms with Crippen LogP contribution >= 0.6 is 0 Å². The Morgan fingerprint density at radius 2 is 1.88 bits per heavy atom. The van der Waals surface area contributed by atoms with E-state index in [9.17, 15) is 0 Å². The van der Waals surface area contributed by atoms with E-state index < -0.39 is 0 Å². The minimum Gasteiger partial charge on any atom is -0.370 e. The number of anilines is 1. The Labute approximate surface area is 94.3 Å². The monoisotopic (exact) mass is 210 g/mol. The van der Waals surface area contributed by atoms with Crippen LogP contribution in [0.4, 0.5) is 5.69 Å². The average Bonchev–Trinajstić information content (AvgIpc) is 2.35. The molecular formula is C12H10N4. The van der Waals surface area contributed by atoms with Gasteiger partial charge in [-0.15, -0.1) is 0 Å². The summed E-state index contributed by atoms with van der Waals surface area (Å²) in [5.74, 6) is 0. The fourth-order valence-electron chi connectivity index (χ4n) is 1.25. The minimum atomic E-state index is -0.278. The molecule has 4 nitrogen and oxygen atoms in total. The maximum atomic E-state index is 8.83. The molecule has 0 aliphatic rings. The smallest absolute Gasteiger partial charge is 0.114 e. The van der Waals surface area contributed by atoms with Gasteiger partial charge in [0, 0.05) is 5.69 Å². The zero-order chi connectivity index (χ0) is 12.0. The Balaban J connectivity index is 2.98. The van der Waals surface area contributed by atoms with E-state index in [0.717, 1.165) is 0 Å². The van der Waals surface area contributed by atoms with Crippen molar-refractivity contribution in [3.63, 3.8) is 0 Å². The van der Waals surface area contributed by atoms with Gasteiger partial charge in [0.2, 0.25) is 0 Å². The van der Waals surface area contributed by atoms with Gasteiger partial charge in [-0.25, -0.2) is 0 Å². The highest BCUT2D eigenvalue weighted by molar-refractivity contribution is 5.57. The van der Waals surface area contributed by atoms with Crippen molar-refractivity contribution in [2.24, 2.45) is 0 Å². The summed E-state index contributed by atoms with van der Waals surface area (Å²) in [7, 11) is 0. The van der Waals surface area contributed by atoms with Crippen LogP contribution in [-0.2, 0) is 0 Å². The predicted molar refractivity (Wildman–Crippen MR) is 59.2 cm³/mol. The topological polar surface area (TPSA) is 83.4 Å². The standard InChI is InChI=1S/C12H10N4/c1-2-11(8-15)16-12-4-3-9(6-13)10(5-12)7-14/h3-5,11,16H,2H2,1H3. The third-order valence-electron chi connectivity index (χ3n) is 2.17. The summed E-state index contributed by atoms with van der Waals surface area (Å²) in [6, 6.07) is 10.6. The van der Waals surface area contributed by atoms with Gasteiger partial charge >= 0.3 is 0 Å². The van der Waals surface area contributed by atoms with Crippen molar-refractivity contribution in [3.8, 4) is 18.2 Å². The number of hydrogen-bond acceptors (Lipinski definition) is 4. The minimum absolute atomic E-state index is 0.278. The molecule has 0 saturated carbocycles. The van der Waals surface area contributed by atoms with Crippen molar-refractivity contribution < 1.29 is 0 Å². The lowest BCUT2D eigenvalue weighted by atomic mass is 10.1. The molecule has 16 heavy (non-hydrogen) atoms. The van der Waals surface area contributed by atoms with Crippen molar-refractivity contribution in [1.29, 1.82) is 15.8 Å². The first-order valence-corrected chi connectivity index (χ1v) is 4.85. The van der Waals surface area contributed by atoms with Crippen LogP contribution in [0.2, 0.25) is 0 Å². The molecule has 0 saturated heterocycles. The van der Waals surface area contributed by atoms with Gasteiger partial charge in [0.15, 0.2) is 0 Å². The van der Waals surface area contributed by atoms with Crippen LogP contribution in [0, 0.1) is 34.0 Å². The van der Waals surface area contributed by atoms with E-state index in [1.807, 2.05) is 19.1 Å². The molecule has 0 fully saturated rings. The summed E-state index contributed by atoms with van der Waals surface area (Å²) in [6.45, 7) is 1.90. The zero-order valence-electron chi connectivity index (χ0n) is 8.86. The maximum absolute atomic E-state index is 8.83. The molecule has 1 aromatic rings. The summed E-state index contributed by atoms with van der Waals surface area (Å²) >= 11 is 0. The van der Waals surface area contributed by atoms with Crippen molar-refractivity contribution >= 4 is 5.69 Å². The first-order chi connectivity index (χ1) is 7.74. The summed E-state index contributed by atoms with van der Waals surface area (Å²) in [5.41, 5.74) is 1.35. The largest absolute Gasteiger partial charge is 0.370 e. The van der Waals surface area contributed by atoms with E-state index in [1.165, 1.54) is 0 Å². The molecule has 1 unspecified atom stereocenters. The maximum Gasteiger partial charge on any atom is 0.114 e. The molecule has 0 amide bonds. The van der Waals surface area contributed by atoms with E-state index in [2.05, 4.69) is 11.4 Å². The molecule has 78 valence electrons. The van der Waals surface area contributed by atoms with Gasteiger partial charge in [0.1, 0.15) is 18.2 Å². The number of rotatable bonds is 3. The summed E-state index contributed by atoms with van der Waals surface area (Å²) < 4.78 is 0. The zero-order valence-corrected chi connectivity index (χ0v) is 8.86. The molecule has 1 N–H and O–H groups in total. The molecule has 4 heteroatoms. The Kier molecular flexibility index (Phi) is 3.90. The fraction of sp³-hybridized carbons (Fsp3) is 0.250. The highest BCUT2D eigenvalue weighted by atomic mass is 14.9. The van der Waals surface area contributed by atoms with Crippen LogP contribution in [0.3, 0.4) is 0 Å². The van der Waals surface area contributed by atoms with Gasteiger partial charge in [-0.1, -0.05) is 6.92 Å². The molecule has 0 radical (unpaired) electrons. The number of nitrogens with zero attached hydrogens (tertiary/aromatic N) is 3. The van der Waals surface area contributed by atoms with Crippen molar-refractivity contribution in [1.82, 2.24) is 0 Å². The van der Waals surface area contributed by atoms with Crippen LogP contribution in [0.5, 0.6) is 0 Å². The summed E-state index contributed by atoms with van der Waals surface area (Å²) in [6.07, 6.45) is 0.679. The van der Waals surface area contributed by atoms with Gasteiger partial charge < -0.3 is 5.32 Å². The average molecular weight is 210 g/mol. The van der Waals surface area contributed by atoms with E-state index in [0.29, 0.717) is 23.2 Å². The first kappa shape index (κ1) is 11.6. The molecule has 0 bridgehead atoms. The lowest BCUT2D eigenvalue weighted by Crippen LogP contribution is -2.15. The van der Waals surface area contributed by atoms with Crippen molar-refractivity contribution in [2.45, 2.75) is 19.4 Å². The Bertz CT molecular complexity index is 499. The number of benzene rings is 1. The second-order valence-electron chi connectivity index (χ2n) is 3.22. The van der Waals surface area contributed by atoms with Crippen LogP contribution in [0.1, 0.15) is 24.5 Å². The predicted octanol–water partition coefficient (Wildman–Crippen LogP) is 2.14. The van der Waals surface area contributed by atoms with Gasteiger partial charge in [-0.2, -0.15) is 15.8 Å². The van der Waals surface area contributed by atoms with Crippen LogP contribution in [-0.4, -0.2) is 6.04 Å². The van der Waals surface area contributed by atoms with E-state index >= 15 is 0 Å². The second kappa shape index (κ2) is 5.39. The Hall–Kier alpha value is -2.51. The molecule has 1 atom stereocenters. The van der Waals surface area contributed by atoms with Crippen molar-refractivity contribution in [2.75, 3.05) is 5.32 Å². The number of nitriles is 3. The molecule has 0 aliphatic heterocycles. The van der Waals surface area contributed by atoms with Gasteiger partial charge in [0.05, 0.1) is 17.2 Å². The van der Waals surface area contributed by atoms with Crippen molar-refractivity contribution in [3.05, 3.63) is 29.3 Å². The summed E-state index contributed by atoms with van der Waals surface area (Å²) in [5, 5.41) is 29.3. The van der Waals surface area contributed by atoms with Gasteiger partial charge in [-0.05, 0) is 24.6 Å². The molecule has 0 aromatic heterocycles. The number of hydrogen-bond donors (Lipinski definition) is 1. The number of nitrogens with one attached hydrogen (secondary N) is 1. The highest BCUT2D eigenvalue weighted by Gasteiger charge is 2.06. The van der Waals surface area contributed by atoms with E-state index in [1.54, 1.807) is 18.2 Å². The highest BCUT2D eigenvalue weighted by Crippen LogP contribution is 2.15. The van der Waals surface area contributed by atoms with Gasteiger partial charge in [0.25, 0.3) is 0 Å². The molecule has 0 aliphatic carbocycles.